The van der Waals surface area contributed by atoms with Crippen molar-refractivity contribution in [3.63, 3.8) is 0 Å². The summed E-state index contributed by atoms with van der Waals surface area (Å²) >= 11 is 6.93. The largest absolute Gasteiger partial charge is 0.284 e. The van der Waals surface area contributed by atoms with Crippen LogP contribution in [0.3, 0.4) is 0 Å². The Morgan fingerprint density at radius 3 is 2.24 bits per heavy atom. The fourth-order valence-electron chi connectivity index (χ4n) is 2.59. The molecule has 0 aliphatic carbocycles. The van der Waals surface area contributed by atoms with Crippen LogP contribution < -0.4 is 0 Å². The van der Waals surface area contributed by atoms with Crippen LogP contribution >= 0.6 is 31.9 Å². The van der Waals surface area contributed by atoms with Gasteiger partial charge in [-0.3, -0.25) is 4.40 Å². The van der Waals surface area contributed by atoms with Crippen LogP contribution in [0.5, 0.6) is 0 Å². The van der Waals surface area contributed by atoms with Gasteiger partial charge in [0.15, 0.2) is 5.82 Å². The lowest BCUT2D eigenvalue weighted by Gasteiger charge is -2.01. The van der Waals surface area contributed by atoms with Crippen molar-refractivity contribution in [2.45, 2.75) is 0 Å². The number of fused-ring (bicyclic) bond motifs is 1. The molecule has 0 unspecified atom stereocenters. The summed E-state index contributed by atoms with van der Waals surface area (Å²) in [7, 11) is 0. The van der Waals surface area contributed by atoms with Crippen LogP contribution in [0.4, 0.5) is 5.82 Å². The molecule has 2 aromatic heterocycles. The number of aliphatic imine (C=N–C) groups is 1. The maximum atomic E-state index is 4.77. The van der Waals surface area contributed by atoms with E-state index in [0.717, 1.165) is 37.2 Å². The first-order valence-electron chi connectivity index (χ1n) is 7.73. The zero-order valence-electron chi connectivity index (χ0n) is 13.1. The van der Waals surface area contributed by atoms with Gasteiger partial charge in [-0.25, -0.2) is 9.98 Å². The van der Waals surface area contributed by atoms with Gasteiger partial charge in [-0.15, -0.1) is 0 Å². The molecule has 0 spiro atoms. The third kappa shape index (κ3) is 3.43. The van der Waals surface area contributed by atoms with Crippen LogP contribution in [0.25, 0.3) is 16.9 Å². The Bertz CT molecular complexity index is 1050. The molecule has 0 bridgehead atoms. The number of hydrogen-bond donors (Lipinski definition) is 0. The summed E-state index contributed by atoms with van der Waals surface area (Å²) in [5.74, 6) is 0.820. The van der Waals surface area contributed by atoms with Gasteiger partial charge >= 0.3 is 0 Å². The number of imidazole rings is 1. The molecule has 0 atom stereocenters. The number of hydrogen-bond acceptors (Lipinski definition) is 2. The molecule has 0 fully saturated rings. The predicted octanol–water partition coefficient (Wildman–Crippen LogP) is 6.28. The molecular weight excluding hydrogens is 442 g/mol. The second-order valence-corrected chi connectivity index (χ2v) is 7.36. The molecule has 0 saturated heterocycles. The summed E-state index contributed by atoms with van der Waals surface area (Å²) in [5, 5.41) is 0. The monoisotopic (exact) mass is 453 g/mol. The Hall–Kier alpha value is -2.24. The molecule has 122 valence electrons. The molecule has 0 amide bonds. The van der Waals surface area contributed by atoms with Gasteiger partial charge in [-0.1, -0.05) is 62.2 Å². The van der Waals surface area contributed by atoms with Gasteiger partial charge in [0.05, 0.1) is 0 Å². The standard InChI is InChI=1S/C20H13Br2N3/c21-16-8-4-14(5-9-16)13-23-20-19(15-6-10-17(22)11-7-15)24-18-3-1-2-12-25(18)20/h1-13H/b23-13+. The lowest BCUT2D eigenvalue weighted by Crippen LogP contribution is -1.85. The van der Waals surface area contributed by atoms with E-state index in [1.54, 1.807) is 0 Å². The van der Waals surface area contributed by atoms with Gasteiger partial charge < -0.3 is 0 Å². The Labute approximate surface area is 162 Å². The molecule has 0 N–H and O–H groups in total. The molecule has 0 aliphatic rings. The molecule has 2 heterocycles. The average molecular weight is 455 g/mol. The summed E-state index contributed by atoms with van der Waals surface area (Å²) in [6.07, 6.45) is 3.85. The maximum absolute atomic E-state index is 4.77. The van der Waals surface area contributed by atoms with Crippen LogP contribution in [-0.2, 0) is 0 Å². The highest BCUT2D eigenvalue weighted by molar-refractivity contribution is 9.10. The van der Waals surface area contributed by atoms with E-state index in [0.29, 0.717) is 0 Å². The SMILES string of the molecule is Brc1ccc(/C=N/c2c(-c3ccc(Br)cc3)nc3ccccn23)cc1. The molecule has 5 heteroatoms. The molecule has 0 saturated carbocycles. The van der Waals surface area contributed by atoms with Crippen LogP contribution in [0, 0.1) is 0 Å². The van der Waals surface area contributed by atoms with E-state index in [-0.39, 0.29) is 0 Å². The van der Waals surface area contributed by atoms with Crippen molar-refractivity contribution in [3.8, 4) is 11.3 Å². The fraction of sp³-hybridized carbons (Fsp3) is 0. The Morgan fingerprint density at radius 2 is 1.52 bits per heavy atom. The molecule has 4 aromatic rings. The highest BCUT2D eigenvalue weighted by Gasteiger charge is 2.12. The van der Waals surface area contributed by atoms with Crippen molar-refractivity contribution in [1.82, 2.24) is 9.38 Å². The van der Waals surface area contributed by atoms with Crippen molar-refractivity contribution in [1.29, 1.82) is 0 Å². The van der Waals surface area contributed by atoms with Gasteiger partial charge in [0.2, 0.25) is 0 Å². The second kappa shape index (κ2) is 6.94. The molecule has 25 heavy (non-hydrogen) atoms. The topological polar surface area (TPSA) is 29.7 Å². The minimum Gasteiger partial charge on any atom is -0.284 e. The first kappa shape index (κ1) is 16.2. The van der Waals surface area contributed by atoms with Crippen LogP contribution in [0.15, 0.2) is 86.9 Å². The molecule has 2 aromatic carbocycles. The third-order valence-corrected chi connectivity index (χ3v) is 4.89. The fourth-order valence-corrected chi connectivity index (χ4v) is 3.12. The number of aromatic nitrogens is 2. The lowest BCUT2D eigenvalue weighted by atomic mass is 10.1. The van der Waals surface area contributed by atoms with E-state index in [2.05, 4.69) is 31.9 Å². The van der Waals surface area contributed by atoms with Crippen molar-refractivity contribution in [2.75, 3.05) is 0 Å². The molecular formula is C20H13Br2N3. The maximum Gasteiger partial charge on any atom is 0.165 e. The summed E-state index contributed by atoms with van der Waals surface area (Å²) in [5.41, 5.74) is 3.82. The lowest BCUT2D eigenvalue weighted by molar-refractivity contribution is 1.17. The first-order valence-corrected chi connectivity index (χ1v) is 9.32. The van der Waals surface area contributed by atoms with Crippen molar-refractivity contribution < 1.29 is 0 Å². The number of nitrogens with zero attached hydrogens (tertiary/aromatic N) is 3. The van der Waals surface area contributed by atoms with Gasteiger partial charge in [0, 0.05) is 26.9 Å². The molecule has 0 radical (unpaired) electrons. The summed E-state index contributed by atoms with van der Waals surface area (Å²) in [6, 6.07) is 22.1. The van der Waals surface area contributed by atoms with E-state index >= 15 is 0 Å². The smallest absolute Gasteiger partial charge is 0.165 e. The minimum absolute atomic E-state index is 0.820. The Balaban J connectivity index is 1.84. The summed E-state index contributed by atoms with van der Waals surface area (Å²) in [6.45, 7) is 0. The normalized spacial score (nSPS) is 11.4. The summed E-state index contributed by atoms with van der Waals surface area (Å²) < 4.78 is 4.10. The highest BCUT2D eigenvalue weighted by atomic mass is 79.9. The van der Waals surface area contributed by atoms with E-state index in [9.17, 15) is 0 Å². The van der Waals surface area contributed by atoms with E-state index in [1.807, 2.05) is 83.5 Å². The number of halogens is 2. The average Bonchev–Trinajstić information content (AvgIpc) is 3.00. The van der Waals surface area contributed by atoms with E-state index < -0.39 is 0 Å². The predicted molar refractivity (Wildman–Crippen MR) is 110 cm³/mol. The number of pyridine rings is 1. The molecule has 0 aliphatic heterocycles. The first-order chi connectivity index (χ1) is 12.2. The number of rotatable bonds is 3. The van der Waals surface area contributed by atoms with Crippen LogP contribution in [0.2, 0.25) is 0 Å². The van der Waals surface area contributed by atoms with Gasteiger partial charge in [-0.05, 0) is 42.0 Å². The number of benzene rings is 2. The van der Waals surface area contributed by atoms with Crippen LogP contribution in [0.1, 0.15) is 5.56 Å². The van der Waals surface area contributed by atoms with Gasteiger partial charge in [-0.2, -0.15) is 0 Å². The molecule has 4 rings (SSSR count). The zero-order valence-corrected chi connectivity index (χ0v) is 16.3. The van der Waals surface area contributed by atoms with Gasteiger partial charge in [0.25, 0.3) is 0 Å². The van der Waals surface area contributed by atoms with Crippen LogP contribution in [-0.4, -0.2) is 15.6 Å². The Morgan fingerprint density at radius 1 is 0.840 bits per heavy atom. The second-order valence-electron chi connectivity index (χ2n) is 5.53. The third-order valence-electron chi connectivity index (χ3n) is 3.83. The minimum atomic E-state index is 0.820. The van der Waals surface area contributed by atoms with Gasteiger partial charge in [0.1, 0.15) is 11.3 Å². The van der Waals surface area contributed by atoms with Crippen molar-refractivity contribution >= 4 is 49.5 Å². The molecule has 3 nitrogen and oxygen atoms in total. The van der Waals surface area contributed by atoms with Crippen molar-refractivity contribution in [2.24, 2.45) is 4.99 Å². The van der Waals surface area contributed by atoms with E-state index in [4.69, 9.17) is 9.98 Å². The zero-order chi connectivity index (χ0) is 17.2. The summed E-state index contributed by atoms with van der Waals surface area (Å²) in [4.78, 5) is 9.51. The Kier molecular flexibility index (Phi) is 4.51. The highest BCUT2D eigenvalue weighted by Crippen LogP contribution is 2.31. The van der Waals surface area contributed by atoms with E-state index in [1.165, 1.54) is 0 Å². The quantitative estimate of drug-likeness (QED) is 0.335. The van der Waals surface area contributed by atoms with Crippen molar-refractivity contribution in [3.05, 3.63) is 87.4 Å².